The number of phenols is 1. The van der Waals surface area contributed by atoms with Gasteiger partial charge in [-0.3, -0.25) is 9.59 Å². The number of carbonyl (C=O) groups is 2. The maximum absolute atomic E-state index is 12.8. The molecule has 0 fully saturated rings. The number of anilines is 2. The number of aryl methyl sites for hydroxylation is 1. The molecule has 0 aromatic heterocycles. The number of hydrogen-bond donors (Lipinski definition) is 3. The molecule has 0 aliphatic rings. The molecule has 6 nitrogen and oxygen atoms in total. The van der Waals surface area contributed by atoms with E-state index in [4.69, 9.17) is 4.74 Å². The van der Waals surface area contributed by atoms with Crippen LogP contribution in [0.5, 0.6) is 11.5 Å². The third kappa shape index (κ3) is 4.25. The molecule has 0 atom stereocenters. The molecule has 6 heteroatoms. The molecular weight excluding hydrogens is 404 g/mol. The van der Waals surface area contributed by atoms with Crippen LogP contribution in [0.1, 0.15) is 26.3 Å². The molecule has 2 amide bonds. The van der Waals surface area contributed by atoms with E-state index in [9.17, 15) is 14.7 Å². The molecular formula is C26H22N2O4. The van der Waals surface area contributed by atoms with Gasteiger partial charge in [0.1, 0.15) is 11.5 Å². The van der Waals surface area contributed by atoms with Crippen LogP contribution in [0.3, 0.4) is 0 Å². The first-order valence-electron chi connectivity index (χ1n) is 10.0. The van der Waals surface area contributed by atoms with Crippen molar-refractivity contribution >= 4 is 34.0 Å². The highest BCUT2D eigenvalue weighted by Crippen LogP contribution is 2.29. The van der Waals surface area contributed by atoms with E-state index in [1.165, 1.54) is 7.11 Å². The number of para-hydroxylation sites is 1. The van der Waals surface area contributed by atoms with Crippen LogP contribution < -0.4 is 15.4 Å². The molecule has 0 bridgehead atoms. The monoisotopic (exact) mass is 426 g/mol. The average Bonchev–Trinajstić information content (AvgIpc) is 2.82. The number of aromatic hydroxyl groups is 1. The minimum atomic E-state index is -0.308. The number of nitrogens with one attached hydrogen (secondary N) is 2. The third-order valence-electron chi connectivity index (χ3n) is 5.27. The lowest BCUT2D eigenvalue weighted by Gasteiger charge is -2.13. The Hall–Kier alpha value is -4.32. The van der Waals surface area contributed by atoms with Gasteiger partial charge in [0.15, 0.2) is 0 Å². The van der Waals surface area contributed by atoms with Crippen molar-refractivity contribution in [2.24, 2.45) is 0 Å². The molecule has 32 heavy (non-hydrogen) atoms. The van der Waals surface area contributed by atoms with Gasteiger partial charge in [0.05, 0.1) is 12.8 Å². The smallest absolute Gasteiger partial charge is 0.255 e. The van der Waals surface area contributed by atoms with E-state index in [0.29, 0.717) is 28.3 Å². The second-order valence-corrected chi connectivity index (χ2v) is 7.33. The Kier molecular flexibility index (Phi) is 5.77. The standard InChI is InChI=1S/C26H22N2O4/c1-16-21-11-8-18(14-17(21)10-13-23(16)29)26(31)28-22-12-9-19(15-24(22)32-2)25(30)27-20-6-4-3-5-7-20/h3-15,29H,1-2H3,(H,27,30)(H,28,31). The molecule has 0 unspecified atom stereocenters. The van der Waals surface area contributed by atoms with Crippen molar-refractivity contribution in [1.82, 2.24) is 0 Å². The van der Waals surface area contributed by atoms with Gasteiger partial charge in [-0.2, -0.15) is 0 Å². The predicted octanol–water partition coefficient (Wildman–Crippen LogP) is 5.37. The molecule has 0 spiro atoms. The Balaban J connectivity index is 1.55. The molecule has 4 aromatic carbocycles. The molecule has 0 aliphatic carbocycles. The lowest BCUT2D eigenvalue weighted by Crippen LogP contribution is -2.14. The van der Waals surface area contributed by atoms with Crippen LogP contribution >= 0.6 is 0 Å². The summed E-state index contributed by atoms with van der Waals surface area (Å²) in [5.74, 6) is 0.00869. The van der Waals surface area contributed by atoms with E-state index >= 15 is 0 Å². The van der Waals surface area contributed by atoms with Crippen molar-refractivity contribution < 1.29 is 19.4 Å². The third-order valence-corrected chi connectivity index (χ3v) is 5.27. The van der Waals surface area contributed by atoms with Crippen molar-refractivity contribution in [3.63, 3.8) is 0 Å². The van der Waals surface area contributed by atoms with Gasteiger partial charge in [0.25, 0.3) is 11.8 Å². The molecule has 0 saturated carbocycles. The lowest BCUT2D eigenvalue weighted by atomic mass is 10.0. The number of rotatable bonds is 5. The fourth-order valence-electron chi connectivity index (χ4n) is 3.47. The minimum Gasteiger partial charge on any atom is -0.508 e. The number of amides is 2. The maximum Gasteiger partial charge on any atom is 0.255 e. The predicted molar refractivity (Wildman–Crippen MR) is 126 cm³/mol. The fourth-order valence-corrected chi connectivity index (χ4v) is 3.47. The largest absolute Gasteiger partial charge is 0.508 e. The van der Waals surface area contributed by atoms with Gasteiger partial charge < -0.3 is 20.5 Å². The molecule has 0 radical (unpaired) electrons. The molecule has 0 aliphatic heterocycles. The van der Waals surface area contributed by atoms with E-state index in [-0.39, 0.29) is 17.6 Å². The van der Waals surface area contributed by atoms with E-state index in [0.717, 1.165) is 16.3 Å². The van der Waals surface area contributed by atoms with E-state index in [2.05, 4.69) is 10.6 Å². The summed E-state index contributed by atoms with van der Waals surface area (Å²) in [7, 11) is 1.48. The Bertz CT molecular complexity index is 1320. The topological polar surface area (TPSA) is 87.7 Å². The van der Waals surface area contributed by atoms with Crippen LogP contribution in [0.15, 0.2) is 78.9 Å². The quantitative estimate of drug-likeness (QED) is 0.401. The summed E-state index contributed by atoms with van der Waals surface area (Å²) in [6.45, 7) is 1.83. The second-order valence-electron chi connectivity index (χ2n) is 7.33. The SMILES string of the molecule is COc1cc(C(=O)Nc2ccccc2)ccc1NC(=O)c1ccc2c(C)c(O)ccc2c1. The number of ether oxygens (including phenoxy) is 1. The average molecular weight is 426 g/mol. The summed E-state index contributed by atoms with van der Waals surface area (Å²) in [6, 6.07) is 22.7. The minimum absolute atomic E-state index is 0.218. The number of hydrogen-bond acceptors (Lipinski definition) is 4. The maximum atomic E-state index is 12.8. The Morgan fingerprint density at radius 2 is 1.50 bits per heavy atom. The summed E-state index contributed by atoms with van der Waals surface area (Å²) in [5.41, 5.74) is 2.78. The summed E-state index contributed by atoms with van der Waals surface area (Å²) in [5, 5.41) is 17.3. The highest BCUT2D eigenvalue weighted by molar-refractivity contribution is 6.08. The molecule has 4 rings (SSSR count). The van der Waals surface area contributed by atoms with Crippen LogP contribution in [0.2, 0.25) is 0 Å². The highest BCUT2D eigenvalue weighted by Gasteiger charge is 2.14. The molecule has 0 heterocycles. The zero-order valence-electron chi connectivity index (χ0n) is 17.7. The summed E-state index contributed by atoms with van der Waals surface area (Å²) < 4.78 is 5.40. The van der Waals surface area contributed by atoms with Crippen molar-refractivity contribution in [1.29, 1.82) is 0 Å². The van der Waals surface area contributed by atoms with Gasteiger partial charge >= 0.3 is 0 Å². The van der Waals surface area contributed by atoms with E-state index in [1.807, 2.05) is 31.2 Å². The number of methoxy groups -OCH3 is 1. The molecule has 0 saturated heterocycles. The van der Waals surface area contributed by atoms with Gasteiger partial charge in [-0.05, 0) is 71.8 Å². The van der Waals surface area contributed by atoms with Crippen LogP contribution in [-0.2, 0) is 0 Å². The van der Waals surface area contributed by atoms with Crippen molar-refractivity contribution in [2.45, 2.75) is 6.92 Å². The van der Waals surface area contributed by atoms with Gasteiger partial charge in [-0.25, -0.2) is 0 Å². The Morgan fingerprint density at radius 1 is 0.812 bits per heavy atom. The Morgan fingerprint density at radius 3 is 2.25 bits per heavy atom. The number of phenolic OH excluding ortho intramolecular Hbond substituents is 1. The zero-order chi connectivity index (χ0) is 22.7. The number of carbonyl (C=O) groups excluding carboxylic acids is 2. The van der Waals surface area contributed by atoms with Gasteiger partial charge in [-0.15, -0.1) is 0 Å². The van der Waals surface area contributed by atoms with Crippen LogP contribution in [0.25, 0.3) is 10.8 Å². The number of benzene rings is 4. The molecule has 4 aromatic rings. The summed E-state index contributed by atoms with van der Waals surface area (Å²) in [4.78, 5) is 25.4. The van der Waals surface area contributed by atoms with Crippen LogP contribution in [-0.4, -0.2) is 24.0 Å². The van der Waals surface area contributed by atoms with Gasteiger partial charge in [-0.1, -0.05) is 30.3 Å². The van der Waals surface area contributed by atoms with E-state index < -0.39 is 0 Å². The molecule has 160 valence electrons. The highest BCUT2D eigenvalue weighted by atomic mass is 16.5. The first-order valence-corrected chi connectivity index (χ1v) is 10.0. The van der Waals surface area contributed by atoms with Crippen molar-refractivity contribution in [3.05, 3.63) is 95.6 Å². The van der Waals surface area contributed by atoms with Gasteiger partial charge in [0, 0.05) is 16.8 Å². The zero-order valence-corrected chi connectivity index (χ0v) is 17.7. The first-order chi connectivity index (χ1) is 15.5. The van der Waals surface area contributed by atoms with Gasteiger partial charge in [0.2, 0.25) is 0 Å². The first kappa shape index (κ1) is 20.9. The second kappa shape index (κ2) is 8.81. The van der Waals surface area contributed by atoms with Crippen molar-refractivity contribution in [3.8, 4) is 11.5 Å². The Labute approximate surface area is 185 Å². The van der Waals surface area contributed by atoms with Crippen LogP contribution in [0, 0.1) is 6.92 Å². The molecule has 3 N–H and O–H groups in total. The number of fused-ring (bicyclic) bond motifs is 1. The normalized spacial score (nSPS) is 10.6. The van der Waals surface area contributed by atoms with E-state index in [1.54, 1.807) is 54.6 Å². The summed E-state index contributed by atoms with van der Waals surface area (Å²) >= 11 is 0. The fraction of sp³-hybridized carbons (Fsp3) is 0.0769. The lowest BCUT2D eigenvalue weighted by molar-refractivity contribution is 0.102. The van der Waals surface area contributed by atoms with Crippen LogP contribution in [0.4, 0.5) is 11.4 Å². The summed E-state index contributed by atoms with van der Waals surface area (Å²) in [6.07, 6.45) is 0. The van der Waals surface area contributed by atoms with Crippen molar-refractivity contribution in [2.75, 3.05) is 17.7 Å².